The van der Waals surface area contributed by atoms with Gasteiger partial charge in [-0.3, -0.25) is 14.4 Å². The van der Waals surface area contributed by atoms with Gasteiger partial charge in [0.1, 0.15) is 13.2 Å². The zero-order chi connectivity index (χ0) is 57.1. The van der Waals surface area contributed by atoms with Gasteiger partial charge in [-0.15, -0.1) is 0 Å². The summed E-state index contributed by atoms with van der Waals surface area (Å²) in [7, 11) is 0. The van der Waals surface area contributed by atoms with Crippen molar-refractivity contribution in [2.24, 2.45) is 0 Å². The lowest BCUT2D eigenvalue weighted by Gasteiger charge is -2.18. The molecule has 0 fully saturated rings. The molecule has 1 atom stereocenters. The molecule has 448 valence electrons. The van der Waals surface area contributed by atoms with Crippen LogP contribution in [0.2, 0.25) is 0 Å². The first-order valence-corrected chi connectivity index (χ1v) is 32.7. The van der Waals surface area contributed by atoms with Crippen LogP contribution < -0.4 is 0 Å². The second-order valence-corrected chi connectivity index (χ2v) is 21.3. The largest absolute Gasteiger partial charge is 0.462 e. The van der Waals surface area contributed by atoms with Crippen LogP contribution in [0.25, 0.3) is 0 Å². The van der Waals surface area contributed by atoms with Gasteiger partial charge >= 0.3 is 17.9 Å². The highest BCUT2D eigenvalue weighted by atomic mass is 16.6. The van der Waals surface area contributed by atoms with E-state index in [1.54, 1.807) is 0 Å². The van der Waals surface area contributed by atoms with E-state index in [-0.39, 0.29) is 31.1 Å². The lowest BCUT2D eigenvalue weighted by Crippen LogP contribution is -2.30. The van der Waals surface area contributed by atoms with E-state index in [4.69, 9.17) is 14.2 Å². The normalized spacial score (nSPS) is 13.0. The molecular weight excluding hydrogens is 973 g/mol. The Morgan fingerprint density at radius 1 is 0.266 bits per heavy atom. The molecule has 0 bridgehead atoms. The van der Waals surface area contributed by atoms with Crippen LogP contribution in [0.5, 0.6) is 0 Å². The van der Waals surface area contributed by atoms with Crippen molar-refractivity contribution in [3.63, 3.8) is 0 Å². The highest BCUT2D eigenvalue weighted by Gasteiger charge is 2.19. The number of hydrogen-bond donors (Lipinski definition) is 0. The summed E-state index contributed by atoms with van der Waals surface area (Å²) in [5.74, 6) is -0.918. The Morgan fingerprint density at radius 3 is 0.772 bits per heavy atom. The van der Waals surface area contributed by atoms with Crippen molar-refractivity contribution in [2.45, 2.75) is 297 Å². The zero-order valence-corrected chi connectivity index (χ0v) is 51.3. The number of carbonyl (C=O) groups excluding carboxylic acids is 3. The average Bonchev–Trinajstić information content (AvgIpc) is 3.45. The average molecular weight is 1090 g/mol. The first kappa shape index (κ1) is 74.5. The fraction of sp³-hybridized carbons (Fsp3) is 0.658. The Hall–Kier alpha value is -4.45. The molecule has 6 nitrogen and oxygen atoms in total. The van der Waals surface area contributed by atoms with Crippen molar-refractivity contribution in [2.75, 3.05) is 13.2 Å². The summed E-state index contributed by atoms with van der Waals surface area (Å²) in [5.41, 5.74) is 0. The van der Waals surface area contributed by atoms with Crippen molar-refractivity contribution in [3.8, 4) is 0 Å². The van der Waals surface area contributed by atoms with Crippen molar-refractivity contribution in [1.29, 1.82) is 0 Å². The number of rotatable bonds is 58. The molecule has 0 rings (SSSR count). The van der Waals surface area contributed by atoms with Crippen LogP contribution in [0.4, 0.5) is 0 Å². The van der Waals surface area contributed by atoms with Crippen LogP contribution in [0, 0.1) is 0 Å². The standard InChI is InChI=1S/C73H120O6/c1-4-7-10-13-15-17-19-21-23-25-27-29-31-33-35-36-38-39-41-43-45-47-49-51-53-55-57-60-63-66-72(75)78-69-70(68-77-71(74)65-62-59-12-9-6-3)79-73(76)67-64-61-58-56-54-52-50-48-46-44-42-40-37-34-32-30-28-26-24-22-20-18-16-14-11-8-5-2/h7-8,10-11,15-18,21-24,27-30,34,37,42,44,48,50,70H,4-6,9,12-14,19-20,25-26,31-33,35-36,38-41,43,45-47,49,51-69H2,1-3H3/b10-7-,11-8-,17-15-,18-16-,23-21-,24-22-,29-27-,30-28-,37-34-,44-42-,50-48-. The third-order valence-electron chi connectivity index (χ3n) is 13.7. The van der Waals surface area contributed by atoms with Gasteiger partial charge in [0.15, 0.2) is 6.10 Å². The zero-order valence-electron chi connectivity index (χ0n) is 51.3. The molecule has 0 aromatic heterocycles. The summed E-state index contributed by atoms with van der Waals surface area (Å²) in [5, 5.41) is 0. The summed E-state index contributed by atoms with van der Waals surface area (Å²) < 4.78 is 16.8. The SMILES string of the molecule is CC/C=C\C/C=C\C/C=C\C/C=C\C/C=C\C/C=C\C/C=C\CCCCCCCC(=O)OC(COC(=O)CCCCCCC)COC(=O)CCCCCCCCCCCCCCCCCC/C=C\C/C=C\C/C=C\C/C=C\CC. The van der Waals surface area contributed by atoms with E-state index >= 15 is 0 Å². The minimum atomic E-state index is -0.789. The fourth-order valence-corrected chi connectivity index (χ4v) is 8.83. The van der Waals surface area contributed by atoms with Gasteiger partial charge in [-0.1, -0.05) is 289 Å². The summed E-state index contributed by atoms with van der Waals surface area (Å²) in [6, 6.07) is 0. The van der Waals surface area contributed by atoms with Crippen molar-refractivity contribution in [1.82, 2.24) is 0 Å². The molecule has 79 heavy (non-hydrogen) atoms. The first-order chi connectivity index (χ1) is 39.0. The summed E-state index contributed by atoms with van der Waals surface area (Å²) in [6.07, 6.45) is 93.7. The van der Waals surface area contributed by atoms with Gasteiger partial charge < -0.3 is 14.2 Å². The maximum Gasteiger partial charge on any atom is 0.306 e. The highest BCUT2D eigenvalue weighted by Crippen LogP contribution is 2.16. The second kappa shape index (κ2) is 66.1. The highest BCUT2D eigenvalue weighted by molar-refractivity contribution is 5.71. The van der Waals surface area contributed by atoms with Gasteiger partial charge in [0.25, 0.3) is 0 Å². The number of carbonyl (C=O) groups is 3. The Morgan fingerprint density at radius 2 is 0.494 bits per heavy atom. The van der Waals surface area contributed by atoms with E-state index < -0.39 is 6.10 Å². The number of allylic oxidation sites excluding steroid dienone is 22. The molecule has 0 spiro atoms. The molecule has 0 N–H and O–H groups in total. The smallest absolute Gasteiger partial charge is 0.306 e. The number of unbranched alkanes of at least 4 members (excludes halogenated alkanes) is 25. The minimum Gasteiger partial charge on any atom is -0.462 e. The topological polar surface area (TPSA) is 78.9 Å². The van der Waals surface area contributed by atoms with Gasteiger partial charge in [0, 0.05) is 19.3 Å². The van der Waals surface area contributed by atoms with Crippen LogP contribution in [0.3, 0.4) is 0 Å². The maximum atomic E-state index is 12.8. The van der Waals surface area contributed by atoms with Gasteiger partial charge in [-0.2, -0.15) is 0 Å². The minimum absolute atomic E-state index is 0.0876. The number of esters is 3. The van der Waals surface area contributed by atoms with E-state index in [0.29, 0.717) is 19.3 Å². The van der Waals surface area contributed by atoms with Gasteiger partial charge in [0.2, 0.25) is 0 Å². The third kappa shape index (κ3) is 64.3. The predicted molar refractivity (Wildman–Crippen MR) is 343 cm³/mol. The molecule has 0 aromatic carbocycles. The Bertz CT molecular complexity index is 1680. The fourth-order valence-electron chi connectivity index (χ4n) is 8.83. The quantitative estimate of drug-likeness (QED) is 0.0261. The number of ether oxygens (including phenoxy) is 3. The van der Waals surface area contributed by atoms with Gasteiger partial charge in [-0.25, -0.2) is 0 Å². The van der Waals surface area contributed by atoms with Crippen molar-refractivity contribution in [3.05, 3.63) is 134 Å². The molecule has 0 saturated carbocycles. The number of hydrogen-bond acceptors (Lipinski definition) is 6. The molecule has 0 aromatic rings. The van der Waals surface area contributed by atoms with Crippen molar-refractivity contribution >= 4 is 17.9 Å². The monoisotopic (exact) mass is 1090 g/mol. The molecule has 0 aliphatic rings. The van der Waals surface area contributed by atoms with E-state index in [0.717, 1.165) is 154 Å². The first-order valence-electron chi connectivity index (χ1n) is 32.7. The molecule has 0 aliphatic heterocycles. The summed E-state index contributed by atoms with van der Waals surface area (Å²) >= 11 is 0. The van der Waals surface area contributed by atoms with Gasteiger partial charge in [0.05, 0.1) is 0 Å². The van der Waals surface area contributed by atoms with E-state index in [2.05, 4.69) is 154 Å². The lowest BCUT2D eigenvalue weighted by molar-refractivity contribution is -0.167. The van der Waals surface area contributed by atoms with Crippen LogP contribution in [-0.2, 0) is 28.6 Å². The van der Waals surface area contributed by atoms with Crippen LogP contribution >= 0.6 is 0 Å². The van der Waals surface area contributed by atoms with E-state index in [1.165, 1.54) is 96.3 Å². The Balaban J connectivity index is 4.08. The van der Waals surface area contributed by atoms with Crippen LogP contribution in [0.15, 0.2) is 134 Å². The molecule has 0 saturated heterocycles. The Kier molecular flexibility index (Phi) is 62.3. The molecule has 1 unspecified atom stereocenters. The molecular formula is C73H120O6. The van der Waals surface area contributed by atoms with E-state index in [1.807, 2.05) is 0 Å². The van der Waals surface area contributed by atoms with Gasteiger partial charge in [-0.05, 0) is 116 Å². The van der Waals surface area contributed by atoms with Crippen LogP contribution in [-0.4, -0.2) is 37.2 Å². The maximum absolute atomic E-state index is 12.8. The molecule has 0 aliphatic carbocycles. The van der Waals surface area contributed by atoms with Crippen molar-refractivity contribution < 1.29 is 28.6 Å². The molecule has 0 amide bonds. The summed E-state index contributed by atoms with van der Waals surface area (Å²) in [6.45, 7) is 6.32. The molecule has 6 heteroatoms. The summed E-state index contributed by atoms with van der Waals surface area (Å²) in [4.78, 5) is 38.0. The third-order valence-corrected chi connectivity index (χ3v) is 13.7. The molecule has 0 heterocycles. The predicted octanol–water partition coefficient (Wildman–Crippen LogP) is 22.5. The second-order valence-electron chi connectivity index (χ2n) is 21.3. The lowest BCUT2D eigenvalue weighted by atomic mass is 10.0. The van der Waals surface area contributed by atoms with Crippen LogP contribution in [0.1, 0.15) is 290 Å². The Labute approximate surface area is 487 Å². The van der Waals surface area contributed by atoms with E-state index in [9.17, 15) is 14.4 Å². The molecule has 0 radical (unpaired) electrons.